The minimum Gasteiger partial charge on any atom is -0.496 e. The highest BCUT2D eigenvalue weighted by Crippen LogP contribution is 2.23. The van der Waals surface area contributed by atoms with E-state index in [1.165, 1.54) is 0 Å². The largest absolute Gasteiger partial charge is 0.496 e. The Morgan fingerprint density at radius 3 is 2.38 bits per heavy atom. The highest BCUT2D eigenvalue weighted by atomic mass is 16.5. The Labute approximate surface area is 235 Å². The number of H-pyrrole nitrogens is 1. The molecule has 40 heavy (non-hydrogen) atoms. The number of para-hydroxylation sites is 2. The van der Waals surface area contributed by atoms with E-state index in [-0.39, 0.29) is 24.4 Å². The topological polar surface area (TPSA) is 65.6 Å². The van der Waals surface area contributed by atoms with E-state index in [0.717, 1.165) is 38.6 Å². The van der Waals surface area contributed by atoms with Gasteiger partial charge in [-0.1, -0.05) is 66.7 Å². The van der Waals surface area contributed by atoms with Gasteiger partial charge in [0, 0.05) is 47.4 Å². The van der Waals surface area contributed by atoms with Gasteiger partial charge in [0.1, 0.15) is 12.3 Å². The number of aromatic nitrogens is 1. The number of aromatic amines is 1. The monoisotopic (exact) mass is 533 g/mol. The van der Waals surface area contributed by atoms with E-state index in [0.29, 0.717) is 25.1 Å². The lowest BCUT2D eigenvalue weighted by molar-refractivity contribution is -0.132. The Hall–Kier alpha value is -4.58. The van der Waals surface area contributed by atoms with Crippen LogP contribution in [0.1, 0.15) is 35.3 Å². The Bertz CT molecular complexity index is 1640. The number of methoxy groups -OCH3 is 1. The number of hydrogen-bond donors (Lipinski definition) is 1. The molecular formula is C34H35N3O3. The quantitative estimate of drug-likeness (QED) is 0.224. The molecule has 0 saturated heterocycles. The molecule has 0 aliphatic carbocycles. The van der Waals surface area contributed by atoms with Gasteiger partial charge in [0.15, 0.2) is 0 Å². The third-order valence-corrected chi connectivity index (χ3v) is 7.42. The third kappa shape index (κ3) is 5.86. The smallest absolute Gasteiger partial charge is 0.254 e. The van der Waals surface area contributed by atoms with Gasteiger partial charge in [-0.05, 0) is 60.9 Å². The van der Waals surface area contributed by atoms with Crippen LogP contribution in [-0.2, 0) is 17.8 Å². The van der Waals surface area contributed by atoms with E-state index >= 15 is 0 Å². The first-order valence-electron chi connectivity index (χ1n) is 13.7. The molecule has 4 aromatic carbocycles. The molecule has 0 aliphatic rings. The first-order chi connectivity index (χ1) is 19.4. The summed E-state index contributed by atoms with van der Waals surface area (Å²) in [6.45, 7) is 4.79. The van der Waals surface area contributed by atoms with Gasteiger partial charge in [0.2, 0.25) is 5.91 Å². The maximum absolute atomic E-state index is 13.9. The van der Waals surface area contributed by atoms with E-state index in [9.17, 15) is 9.59 Å². The molecular weight excluding hydrogens is 498 g/mol. The summed E-state index contributed by atoms with van der Waals surface area (Å²) in [6.07, 6.45) is 2.70. The Morgan fingerprint density at radius 1 is 0.850 bits per heavy atom. The van der Waals surface area contributed by atoms with Crippen molar-refractivity contribution in [2.24, 2.45) is 0 Å². The van der Waals surface area contributed by atoms with E-state index in [2.05, 4.69) is 17.1 Å². The Balaban J connectivity index is 1.39. The molecule has 5 aromatic rings. The van der Waals surface area contributed by atoms with E-state index < -0.39 is 0 Å². The molecule has 0 atom stereocenters. The molecule has 5 rings (SSSR count). The van der Waals surface area contributed by atoms with Crippen molar-refractivity contribution in [1.82, 2.24) is 14.8 Å². The number of fused-ring (bicyclic) bond motifs is 2. The van der Waals surface area contributed by atoms with Crippen LogP contribution in [0.2, 0.25) is 0 Å². The number of ether oxygens (including phenoxy) is 1. The summed E-state index contributed by atoms with van der Waals surface area (Å²) >= 11 is 0. The molecule has 1 N–H and O–H groups in total. The van der Waals surface area contributed by atoms with Crippen molar-refractivity contribution in [3.05, 3.63) is 114 Å². The number of carbonyl (C=O) groups is 2. The lowest BCUT2D eigenvalue weighted by Crippen LogP contribution is -2.46. The van der Waals surface area contributed by atoms with Crippen molar-refractivity contribution in [2.45, 2.75) is 32.9 Å². The molecule has 0 bridgehead atoms. The van der Waals surface area contributed by atoms with Crippen LogP contribution < -0.4 is 4.74 Å². The molecule has 2 amide bonds. The molecule has 0 spiro atoms. The number of amides is 2. The second-order valence-electron chi connectivity index (χ2n) is 10.3. The number of benzene rings is 4. The van der Waals surface area contributed by atoms with Gasteiger partial charge in [-0.3, -0.25) is 9.59 Å². The number of nitrogens with zero attached hydrogens (tertiary/aromatic N) is 2. The predicted molar refractivity (Wildman–Crippen MR) is 161 cm³/mol. The SMILES string of the molecule is COc1ccccc1CN(CCc1c[nH]c2ccccc12)C(=O)CN(C(=O)c1ccc2ccccc2c1)C(C)C. The Morgan fingerprint density at radius 2 is 1.57 bits per heavy atom. The van der Waals surface area contributed by atoms with Gasteiger partial charge in [-0.2, -0.15) is 0 Å². The first kappa shape index (κ1) is 27.0. The molecule has 1 heterocycles. The van der Waals surface area contributed by atoms with Crippen LogP contribution in [0.5, 0.6) is 5.75 Å². The van der Waals surface area contributed by atoms with Gasteiger partial charge in [0.05, 0.1) is 7.11 Å². The molecule has 0 unspecified atom stereocenters. The minimum absolute atomic E-state index is 0.00758. The van der Waals surface area contributed by atoms with Crippen molar-refractivity contribution in [2.75, 3.05) is 20.2 Å². The summed E-state index contributed by atoms with van der Waals surface area (Å²) < 4.78 is 5.58. The Kier molecular flexibility index (Phi) is 8.15. The number of carbonyl (C=O) groups excluding carboxylic acids is 2. The normalized spacial score (nSPS) is 11.2. The average Bonchev–Trinajstić information content (AvgIpc) is 3.40. The summed E-state index contributed by atoms with van der Waals surface area (Å²) in [7, 11) is 1.64. The second kappa shape index (κ2) is 12.1. The lowest BCUT2D eigenvalue weighted by Gasteiger charge is -2.30. The summed E-state index contributed by atoms with van der Waals surface area (Å²) in [4.78, 5) is 34.4. The zero-order chi connectivity index (χ0) is 28.1. The fourth-order valence-corrected chi connectivity index (χ4v) is 5.15. The molecule has 0 saturated carbocycles. The maximum Gasteiger partial charge on any atom is 0.254 e. The van der Waals surface area contributed by atoms with Gasteiger partial charge < -0.3 is 19.5 Å². The molecule has 6 heteroatoms. The summed E-state index contributed by atoms with van der Waals surface area (Å²) in [5.74, 6) is 0.483. The highest BCUT2D eigenvalue weighted by molar-refractivity contribution is 6.00. The summed E-state index contributed by atoms with van der Waals surface area (Å²) in [5.41, 5.74) is 3.73. The maximum atomic E-state index is 13.9. The molecule has 0 aliphatic heterocycles. The van der Waals surface area contributed by atoms with Crippen molar-refractivity contribution in [3.63, 3.8) is 0 Å². The van der Waals surface area contributed by atoms with Crippen LogP contribution >= 0.6 is 0 Å². The van der Waals surface area contributed by atoms with Crippen LogP contribution in [0.3, 0.4) is 0 Å². The summed E-state index contributed by atoms with van der Waals surface area (Å²) in [5, 5.41) is 3.23. The molecule has 0 radical (unpaired) electrons. The first-order valence-corrected chi connectivity index (χ1v) is 13.7. The number of nitrogens with one attached hydrogen (secondary N) is 1. The van der Waals surface area contributed by atoms with Crippen molar-refractivity contribution in [3.8, 4) is 5.75 Å². The van der Waals surface area contributed by atoms with Crippen molar-refractivity contribution in [1.29, 1.82) is 0 Å². The van der Waals surface area contributed by atoms with Crippen molar-refractivity contribution >= 4 is 33.5 Å². The summed E-state index contributed by atoms with van der Waals surface area (Å²) in [6, 6.07) is 29.4. The van der Waals surface area contributed by atoms with Crippen LogP contribution in [-0.4, -0.2) is 52.8 Å². The van der Waals surface area contributed by atoms with Crippen LogP contribution in [0.15, 0.2) is 97.2 Å². The number of hydrogen-bond acceptors (Lipinski definition) is 3. The zero-order valence-corrected chi connectivity index (χ0v) is 23.3. The van der Waals surface area contributed by atoms with Gasteiger partial charge in [0.25, 0.3) is 5.91 Å². The third-order valence-electron chi connectivity index (χ3n) is 7.42. The minimum atomic E-state index is -0.150. The average molecular weight is 534 g/mol. The lowest BCUT2D eigenvalue weighted by atomic mass is 10.1. The zero-order valence-electron chi connectivity index (χ0n) is 23.3. The van der Waals surface area contributed by atoms with E-state index in [4.69, 9.17) is 4.74 Å². The molecule has 204 valence electrons. The van der Waals surface area contributed by atoms with Gasteiger partial charge in [-0.15, -0.1) is 0 Å². The van der Waals surface area contributed by atoms with Gasteiger partial charge in [-0.25, -0.2) is 0 Å². The van der Waals surface area contributed by atoms with Crippen LogP contribution in [0.25, 0.3) is 21.7 Å². The van der Waals surface area contributed by atoms with Crippen LogP contribution in [0.4, 0.5) is 0 Å². The van der Waals surface area contributed by atoms with E-state index in [1.807, 2.05) is 104 Å². The van der Waals surface area contributed by atoms with Crippen LogP contribution in [0, 0.1) is 0 Å². The number of rotatable bonds is 10. The van der Waals surface area contributed by atoms with Gasteiger partial charge >= 0.3 is 0 Å². The molecule has 0 fully saturated rings. The fourth-order valence-electron chi connectivity index (χ4n) is 5.15. The van der Waals surface area contributed by atoms with E-state index in [1.54, 1.807) is 12.0 Å². The van der Waals surface area contributed by atoms with Crippen molar-refractivity contribution < 1.29 is 14.3 Å². The standard InChI is InChI=1S/C34H35N3O3/c1-24(2)37(34(39)27-17-16-25-10-4-5-11-26(25)20-27)23-33(38)36(22-29-12-6-9-15-32(29)40-3)19-18-28-21-35-31-14-8-7-13-30(28)31/h4-17,20-21,24,35H,18-19,22-23H2,1-3H3. The predicted octanol–water partition coefficient (Wildman–Crippen LogP) is 6.45. The molecule has 1 aromatic heterocycles. The molecule has 6 nitrogen and oxygen atoms in total. The highest BCUT2D eigenvalue weighted by Gasteiger charge is 2.25. The second-order valence-corrected chi connectivity index (χ2v) is 10.3. The fraction of sp³-hybridized carbons (Fsp3) is 0.235.